The van der Waals surface area contributed by atoms with E-state index in [1.807, 2.05) is 11.0 Å². The summed E-state index contributed by atoms with van der Waals surface area (Å²) in [6, 6.07) is 1.99. The van der Waals surface area contributed by atoms with Gasteiger partial charge in [0, 0.05) is 26.7 Å². The lowest BCUT2D eigenvalue weighted by Crippen LogP contribution is -2.56. The number of hydrogen-bond acceptors (Lipinski definition) is 6. The zero-order chi connectivity index (χ0) is 17.9. The number of carbonyl (C=O) groups is 1. The van der Waals surface area contributed by atoms with Gasteiger partial charge < -0.3 is 15.1 Å². The third kappa shape index (κ3) is 2.98. The molecule has 0 aliphatic carbocycles. The van der Waals surface area contributed by atoms with Crippen molar-refractivity contribution in [1.29, 1.82) is 5.26 Å². The molecule has 1 unspecified atom stereocenters. The van der Waals surface area contributed by atoms with E-state index >= 15 is 0 Å². The Kier molecular flexibility index (Phi) is 4.76. The molecule has 1 amide bonds. The minimum Gasteiger partial charge on any atom is -0.372 e. The largest absolute Gasteiger partial charge is 0.372 e. The van der Waals surface area contributed by atoms with Gasteiger partial charge in [0.1, 0.15) is 29.9 Å². The highest BCUT2D eigenvalue weighted by Crippen LogP contribution is 2.39. The van der Waals surface area contributed by atoms with Crippen molar-refractivity contribution in [3.8, 4) is 18.4 Å². The van der Waals surface area contributed by atoms with E-state index in [0.29, 0.717) is 17.9 Å². The summed E-state index contributed by atoms with van der Waals surface area (Å²) in [6.07, 6.45) is 11.0. The molecule has 1 aromatic heterocycles. The maximum atomic E-state index is 12.4. The average Bonchev–Trinajstić information content (AvgIpc) is 3.05. The second-order valence-corrected chi connectivity index (χ2v) is 6.55. The summed E-state index contributed by atoms with van der Waals surface area (Å²) in [5.41, 5.74) is 0.427. The number of aromatic nitrogens is 2. The number of piperidine rings is 1. The summed E-state index contributed by atoms with van der Waals surface area (Å²) in [4.78, 5) is 25.1. The minimum atomic E-state index is -0.219. The summed E-state index contributed by atoms with van der Waals surface area (Å²) >= 11 is 0. The molecular formula is C18H22N6O. The van der Waals surface area contributed by atoms with Gasteiger partial charge in [0.2, 0.25) is 5.91 Å². The number of anilines is 2. The number of likely N-dealkylation sites (tertiary alicyclic amines) is 1. The van der Waals surface area contributed by atoms with Gasteiger partial charge in [-0.2, -0.15) is 5.26 Å². The molecule has 0 saturated carbocycles. The van der Waals surface area contributed by atoms with Crippen LogP contribution in [-0.4, -0.2) is 53.0 Å². The Labute approximate surface area is 148 Å². The number of terminal acetylenes is 1. The first-order chi connectivity index (χ1) is 12.1. The Morgan fingerprint density at radius 3 is 2.96 bits per heavy atom. The zero-order valence-electron chi connectivity index (χ0n) is 14.5. The monoisotopic (exact) mass is 338 g/mol. The molecule has 1 atom stereocenters. The molecule has 7 heteroatoms. The van der Waals surface area contributed by atoms with Crippen LogP contribution in [0.3, 0.4) is 0 Å². The van der Waals surface area contributed by atoms with Crippen molar-refractivity contribution in [1.82, 2.24) is 14.9 Å². The summed E-state index contributed by atoms with van der Waals surface area (Å²) in [5, 5.41) is 11.9. The molecule has 2 aliphatic rings. The Morgan fingerprint density at radius 2 is 2.24 bits per heavy atom. The highest BCUT2D eigenvalue weighted by molar-refractivity contribution is 5.79. The summed E-state index contributed by atoms with van der Waals surface area (Å²) < 4.78 is 0. The number of carbonyl (C=O) groups excluding carboxylic acids is 1. The minimum absolute atomic E-state index is 0.0607. The van der Waals surface area contributed by atoms with E-state index in [0.717, 1.165) is 44.6 Å². The number of nitriles is 1. The molecule has 25 heavy (non-hydrogen) atoms. The Balaban J connectivity index is 1.89. The average molecular weight is 338 g/mol. The lowest BCUT2D eigenvalue weighted by molar-refractivity contribution is -0.138. The standard InChI is InChI=1S/C18H22N6O/c1-3-14-16(20-2)21-13-22-17(14)23-11-8-18(12-23)7-4-5-10-24(18)15(25)6-9-19/h1,13H,4-8,10-12H2,2H3,(H,20,21,22). The van der Waals surface area contributed by atoms with Crippen LogP contribution < -0.4 is 10.2 Å². The fourth-order valence-electron chi connectivity index (χ4n) is 4.05. The molecule has 1 spiro atoms. The number of nitrogens with zero attached hydrogens (tertiary/aromatic N) is 5. The second kappa shape index (κ2) is 6.98. The lowest BCUT2D eigenvalue weighted by atomic mass is 9.85. The summed E-state index contributed by atoms with van der Waals surface area (Å²) in [7, 11) is 1.78. The van der Waals surface area contributed by atoms with Crippen LogP contribution in [-0.2, 0) is 4.79 Å². The molecule has 0 bridgehead atoms. The molecule has 2 aliphatic heterocycles. The van der Waals surface area contributed by atoms with E-state index in [-0.39, 0.29) is 17.9 Å². The van der Waals surface area contributed by atoms with Gasteiger partial charge in [-0.3, -0.25) is 4.79 Å². The first kappa shape index (κ1) is 17.0. The van der Waals surface area contributed by atoms with Crippen LogP contribution in [0.25, 0.3) is 0 Å². The van der Waals surface area contributed by atoms with Gasteiger partial charge in [-0.1, -0.05) is 5.92 Å². The second-order valence-electron chi connectivity index (χ2n) is 6.55. The maximum absolute atomic E-state index is 12.4. The fraction of sp³-hybridized carbons (Fsp3) is 0.556. The molecule has 2 fully saturated rings. The number of nitrogens with one attached hydrogen (secondary N) is 1. The van der Waals surface area contributed by atoms with Crippen LogP contribution in [0.15, 0.2) is 6.33 Å². The molecule has 2 saturated heterocycles. The Hall–Kier alpha value is -2.80. The quantitative estimate of drug-likeness (QED) is 0.838. The third-order valence-electron chi connectivity index (χ3n) is 5.22. The highest BCUT2D eigenvalue weighted by atomic mass is 16.2. The molecule has 0 aromatic carbocycles. The van der Waals surface area contributed by atoms with E-state index in [2.05, 4.69) is 26.1 Å². The lowest BCUT2D eigenvalue weighted by Gasteiger charge is -2.44. The van der Waals surface area contributed by atoms with Crippen molar-refractivity contribution in [3.05, 3.63) is 11.9 Å². The predicted molar refractivity (Wildman–Crippen MR) is 94.9 cm³/mol. The topological polar surface area (TPSA) is 85.2 Å². The van der Waals surface area contributed by atoms with Gasteiger partial charge in [0.05, 0.1) is 11.6 Å². The van der Waals surface area contributed by atoms with Gasteiger partial charge in [-0.15, -0.1) is 6.42 Å². The maximum Gasteiger partial charge on any atom is 0.237 e. The van der Waals surface area contributed by atoms with Gasteiger partial charge in [0.15, 0.2) is 0 Å². The van der Waals surface area contributed by atoms with E-state index in [4.69, 9.17) is 11.7 Å². The van der Waals surface area contributed by atoms with Crippen LogP contribution in [0.2, 0.25) is 0 Å². The molecular weight excluding hydrogens is 316 g/mol. The Bertz CT molecular complexity index is 749. The van der Waals surface area contributed by atoms with Crippen molar-refractivity contribution in [2.45, 2.75) is 37.6 Å². The Morgan fingerprint density at radius 1 is 1.40 bits per heavy atom. The van der Waals surface area contributed by atoms with Crippen LogP contribution in [0.5, 0.6) is 0 Å². The van der Waals surface area contributed by atoms with Gasteiger partial charge in [-0.05, 0) is 25.7 Å². The molecule has 1 N–H and O–H groups in total. The number of amides is 1. The summed E-state index contributed by atoms with van der Waals surface area (Å²) in [5.74, 6) is 3.98. The molecule has 3 rings (SSSR count). The molecule has 1 aromatic rings. The summed E-state index contributed by atoms with van der Waals surface area (Å²) in [6.45, 7) is 2.20. The number of hydrogen-bond donors (Lipinski definition) is 1. The molecule has 0 radical (unpaired) electrons. The fourth-order valence-corrected chi connectivity index (χ4v) is 4.05. The van der Waals surface area contributed by atoms with Crippen molar-refractivity contribution in [2.75, 3.05) is 36.9 Å². The molecule has 3 heterocycles. The normalized spacial score (nSPS) is 22.5. The highest BCUT2D eigenvalue weighted by Gasteiger charge is 2.46. The van der Waals surface area contributed by atoms with Crippen LogP contribution in [0.1, 0.15) is 37.7 Å². The van der Waals surface area contributed by atoms with E-state index in [1.165, 1.54) is 6.33 Å². The van der Waals surface area contributed by atoms with Crippen LogP contribution in [0.4, 0.5) is 11.6 Å². The zero-order valence-corrected chi connectivity index (χ0v) is 14.5. The van der Waals surface area contributed by atoms with Crippen LogP contribution in [0, 0.1) is 23.7 Å². The van der Waals surface area contributed by atoms with Crippen LogP contribution >= 0.6 is 0 Å². The number of rotatable bonds is 3. The van der Waals surface area contributed by atoms with E-state index in [9.17, 15) is 4.79 Å². The first-order valence-corrected chi connectivity index (χ1v) is 8.57. The van der Waals surface area contributed by atoms with E-state index in [1.54, 1.807) is 7.05 Å². The first-order valence-electron chi connectivity index (χ1n) is 8.57. The smallest absolute Gasteiger partial charge is 0.237 e. The molecule has 130 valence electrons. The van der Waals surface area contributed by atoms with Crippen molar-refractivity contribution < 1.29 is 4.79 Å². The van der Waals surface area contributed by atoms with Gasteiger partial charge in [0.25, 0.3) is 0 Å². The van der Waals surface area contributed by atoms with E-state index < -0.39 is 0 Å². The SMILES string of the molecule is C#Cc1c(NC)ncnc1N1CCC2(CCCCN2C(=O)CC#N)C1. The van der Waals surface area contributed by atoms with Gasteiger partial charge >= 0.3 is 0 Å². The van der Waals surface area contributed by atoms with Gasteiger partial charge in [-0.25, -0.2) is 9.97 Å². The predicted octanol–water partition coefficient (Wildman–Crippen LogP) is 1.37. The van der Waals surface area contributed by atoms with Crippen molar-refractivity contribution >= 4 is 17.5 Å². The molecule has 7 nitrogen and oxygen atoms in total. The van der Waals surface area contributed by atoms with Crippen molar-refractivity contribution in [2.24, 2.45) is 0 Å². The van der Waals surface area contributed by atoms with Crippen molar-refractivity contribution in [3.63, 3.8) is 0 Å². The third-order valence-corrected chi connectivity index (χ3v) is 5.22.